The fourth-order valence-corrected chi connectivity index (χ4v) is 4.43. The van der Waals surface area contributed by atoms with Gasteiger partial charge >= 0.3 is 0 Å². The fourth-order valence-electron chi connectivity index (χ4n) is 3.81. The highest BCUT2D eigenvalue weighted by Crippen LogP contribution is 2.45. The van der Waals surface area contributed by atoms with Gasteiger partial charge in [-0.15, -0.1) is 0 Å². The highest BCUT2D eigenvalue weighted by molar-refractivity contribution is 6.42. The van der Waals surface area contributed by atoms with Gasteiger partial charge in [-0.05, 0) is 56.3 Å². The van der Waals surface area contributed by atoms with E-state index in [9.17, 15) is 8.78 Å². The molecule has 1 aliphatic heterocycles. The van der Waals surface area contributed by atoms with E-state index in [-0.39, 0.29) is 20.6 Å². The first-order valence-corrected chi connectivity index (χ1v) is 11.3. The molecule has 0 saturated heterocycles. The van der Waals surface area contributed by atoms with Gasteiger partial charge in [-0.3, -0.25) is 0 Å². The molecule has 1 aliphatic rings. The zero-order valence-electron chi connectivity index (χ0n) is 17.9. The molecule has 170 valence electrons. The highest BCUT2D eigenvalue weighted by atomic mass is 35.5. The lowest BCUT2D eigenvalue weighted by molar-refractivity contribution is 0.101. The molecular weight excluding hydrogens is 501 g/mol. The number of ether oxygens (including phenoxy) is 1. The number of imidazole rings is 1. The Hall–Kier alpha value is -3.04. The van der Waals surface area contributed by atoms with Crippen molar-refractivity contribution in [2.75, 3.05) is 0 Å². The van der Waals surface area contributed by atoms with E-state index in [1.54, 1.807) is 24.3 Å². The van der Waals surface area contributed by atoms with Crippen molar-refractivity contribution < 1.29 is 13.5 Å². The smallest absolute Gasteiger partial charge is 0.145 e. The Morgan fingerprint density at radius 2 is 1.74 bits per heavy atom. The van der Waals surface area contributed by atoms with Crippen molar-refractivity contribution in [2.24, 2.45) is 0 Å². The minimum Gasteiger partial charge on any atom is -0.481 e. The number of nitrogens with one attached hydrogen (secondary N) is 1. The first kappa shape index (κ1) is 22.7. The Balaban J connectivity index is 1.57. The normalized spacial score (nSPS) is 13.4. The van der Waals surface area contributed by atoms with E-state index in [0.717, 1.165) is 5.56 Å². The number of rotatable bonds is 1. The molecule has 3 aromatic carbocycles. The summed E-state index contributed by atoms with van der Waals surface area (Å²) in [4.78, 5) is 7.86. The van der Waals surface area contributed by atoms with Crippen LogP contribution in [0.1, 0.15) is 30.7 Å². The van der Waals surface area contributed by atoms with Gasteiger partial charge < -0.3 is 9.72 Å². The standard InChI is InChI=1S/C26H15Cl3F2N2O/c1-26(2)24-23(32-25(33-24)20-16(27)4-3-5-17(20)30)15-10-7-13(12-19(15)34-26)6-8-14-9-11-18(31)22(29)21(14)28/h3-5,7,9-12H,1-2H3,(H,32,33). The molecule has 0 bridgehead atoms. The van der Waals surface area contributed by atoms with Crippen molar-refractivity contribution in [3.63, 3.8) is 0 Å². The first-order chi connectivity index (χ1) is 16.2. The lowest BCUT2D eigenvalue weighted by atomic mass is 9.94. The number of aromatic amines is 1. The van der Waals surface area contributed by atoms with Gasteiger partial charge in [0.1, 0.15) is 28.8 Å². The van der Waals surface area contributed by atoms with Gasteiger partial charge in [0.15, 0.2) is 0 Å². The molecule has 4 aromatic rings. The number of halogens is 5. The molecular formula is C26H15Cl3F2N2O. The van der Waals surface area contributed by atoms with Crippen molar-refractivity contribution in [3.05, 3.63) is 92.1 Å². The summed E-state index contributed by atoms with van der Waals surface area (Å²) < 4.78 is 34.3. The summed E-state index contributed by atoms with van der Waals surface area (Å²) in [6.45, 7) is 3.77. The average molecular weight is 516 g/mol. The summed E-state index contributed by atoms with van der Waals surface area (Å²) in [6, 6.07) is 12.6. The van der Waals surface area contributed by atoms with Crippen LogP contribution in [-0.4, -0.2) is 9.97 Å². The van der Waals surface area contributed by atoms with Gasteiger partial charge in [0.2, 0.25) is 0 Å². The predicted molar refractivity (Wildman–Crippen MR) is 130 cm³/mol. The molecule has 0 amide bonds. The van der Waals surface area contributed by atoms with E-state index in [4.69, 9.17) is 39.5 Å². The Morgan fingerprint density at radius 1 is 0.941 bits per heavy atom. The molecule has 5 rings (SSSR count). The zero-order valence-corrected chi connectivity index (χ0v) is 20.1. The summed E-state index contributed by atoms with van der Waals surface area (Å²) in [5.41, 5.74) is 2.58. The molecule has 34 heavy (non-hydrogen) atoms. The van der Waals surface area contributed by atoms with Crippen LogP contribution in [0.5, 0.6) is 5.75 Å². The second-order valence-corrected chi connectivity index (χ2v) is 9.37. The molecule has 0 unspecified atom stereocenters. The molecule has 1 aromatic heterocycles. The number of fused-ring (bicyclic) bond motifs is 3. The lowest BCUT2D eigenvalue weighted by Crippen LogP contribution is -2.29. The van der Waals surface area contributed by atoms with Gasteiger partial charge in [-0.25, -0.2) is 13.8 Å². The molecule has 0 radical (unpaired) electrons. The van der Waals surface area contributed by atoms with Crippen LogP contribution in [0.25, 0.3) is 22.6 Å². The molecule has 0 spiro atoms. The quantitative estimate of drug-likeness (QED) is 0.206. The topological polar surface area (TPSA) is 37.9 Å². The van der Waals surface area contributed by atoms with Crippen molar-refractivity contribution in [3.8, 4) is 40.2 Å². The fraction of sp³-hybridized carbons (Fsp3) is 0.115. The Kier molecular flexibility index (Phi) is 5.56. The molecule has 0 saturated carbocycles. The number of H-pyrrole nitrogens is 1. The largest absolute Gasteiger partial charge is 0.481 e. The van der Waals surface area contributed by atoms with Crippen LogP contribution in [0.3, 0.4) is 0 Å². The van der Waals surface area contributed by atoms with Crippen molar-refractivity contribution in [1.29, 1.82) is 0 Å². The van der Waals surface area contributed by atoms with Gasteiger partial charge in [0, 0.05) is 16.7 Å². The maximum Gasteiger partial charge on any atom is 0.145 e. The second-order valence-electron chi connectivity index (χ2n) is 8.20. The predicted octanol–water partition coefficient (Wildman–Crippen LogP) is 8.01. The summed E-state index contributed by atoms with van der Waals surface area (Å²) in [7, 11) is 0. The Morgan fingerprint density at radius 3 is 2.50 bits per heavy atom. The number of aromatic nitrogens is 2. The van der Waals surface area contributed by atoms with Gasteiger partial charge in [-0.1, -0.05) is 52.7 Å². The first-order valence-electron chi connectivity index (χ1n) is 10.2. The van der Waals surface area contributed by atoms with Crippen LogP contribution in [0.4, 0.5) is 8.78 Å². The third-order valence-corrected chi connectivity index (χ3v) is 6.66. The van der Waals surface area contributed by atoms with E-state index in [1.165, 1.54) is 18.2 Å². The maximum absolute atomic E-state index is 14.5. The molecule has 0 aliphatic carbocycles. The number of benzene rings is 3. The monoisotopic (exact) mass is 514 g/mol. The highest BCUT2D eigenvalue weighted by Gasteiger charge is 2.36. The minimum atomic E-state index is -0.773. The molecule has 8 heteroatoms. The number of hydrogen-bond acceptors (Lipinski definition) is 2. The van der Waals surface area contributed by atoms with Crippen molar-refractivity contribution in [1.82, 2.24) is 9.97 Å². The molecule has 0 atom stereocenters. The van der Waals surface area contributed by atoms with Crippen molar-refractivity contribution >= 4 is 34.8 Å². The maximum atomic E-state index is 14.5. The Labute approximate surface area is 209 Å². The summed E-state index contributed by atoms with van der Waals surface area (Å²) >= 11 is 18.2. The van der Waals surface area contributed by atoms with E-state index in [2.05, 4.69) is 21.8 Å². The van der Waals surface area contributed by atoms with E-state index in [1.807, 2.05) is 19.9 Å². The lowest BCUT2D eigenvalue weighted by Gasteiger charge is -2.31. The number of nitrogens with zero attached hydrogens (tertiary/aromatic N) is 1. The molecule has 3 nitrogen and oxygen atoms in total. The van der Waals surface area contributed by atoms with Crippen LogP contribution in [0, 0.1) is 23.5 Å². The van der Waals surface area contributed by atoms with E-state index >= 15 is 0 Å². The second kappa shape index (κ2) is 8.32. The molecule has 1 N–H and O–H groups in total. The number of hydrogen-bond donors (Lipinski definition) is 1. The molecule has 2 heterocycles. The van der Waals surface area contributed by atoms with E-state index < -0.39 is 17.2 Å². The average Bonchev–Trinajstić information content (AvgIpc) is 3.23. The third-order valence-electron chi connectivity index (χ3n) is 5.48. The molecule has 0 fully saturated rings. The van der Waals surface area contributed by atoms with Crippen LogP contribution < -0.4 is 4.74 Å². The SMILES string of the molecule is CC1(C)Oc2cc(C#Cc3ccc(F)c(Cl)c3Cl)ccc2-c2nc(-c3c(F)cccc3Cl)[nH]c21. The third kappa shape index (κ3) is 3.82. The van der Waals surface area contributed by atoms with Crippen LogP contribution in [0.2, 0.25) is 15.1 Å². The van der Waals surface area contributed by atoms with Crippen LogP contribution in [-0.2, 0) is 5.60 Å². The van der Waals surface area contributed by atoms with Gasteiger partial charge in [0.05, 0.1) is 32.0 Å². The zero-order chi connectivity index (χ0) is 24.2. The Bertz CT molecular complexity index is 1510. The minimum absolute atomic E-state index is 0.0602. The van der Waals surface area contributed by atoms with Gasteiger partial charge in [-0.2, -0.15) is 0 Å². The van der Waals surface area contributed by atoms with Crippen LogP contribution >= 0.6 is 34.8 Å². The van der Waals surface area contributed by atoms with Crippen molar-refractivity contribution in [2.45, 2.75) is 19.4 Å². The van der Waals surface area contributed by atoms with E-state index in [0.29, 0.717) is 34.1 Å². The van der Waals surface area contributed by atoms with Crippen LogP contribution in [0.15, 0.2) is 48.5 Å². The summed E-state index contributed by atoms with van der Waals surface area (Å²) in [5, 5.41) is 0.154. The summed E-state index contributed by atoms with van der Waals surface area (Å²) in [5.74, 6) is 5.74. The summed E-state index contributed by atoms with van der Waals surface area (Å²) in [6.07, 6.45) is 0. The van der Waals surface area contributed by atoms with Gasteiger partial charge in [0.25, 0.3) is 0 Å².